The van der Waals surface area contributed by atoms with Crippen LogP contribution >= 0.6 is 11.6 Å². The summed E-state index contributed by atoms with van der Waals surface area (Å²) in [5, 5.41) is 3.67. The van der Waals surface area contributed by atoms with Crippen molar-refractivity contribution in [2.45, 2.75) is 33.1 Å². The van der Waals surface area contributed by atoms with E-state index in [1.807, 2.05) is 6.07 Å². The Balaban J connectivity index is 2.20. The number of hydrogen-bond donors (Lipinski definition) is 1. The molecule has 1 aromatic carbocycles. The zero-order valence-corrected chi connectivity index (χ0v) is 11.4. The van der Waals surface area contributed by atoms with Crippen molar-refractivity contribution in [3.8, 4) is 0 Å². The maximum Gasteiger partial charge on any atom is 0.142 e. The lowest BCUT2D eigenvalue weighted by molar-refractivity contribution is 0.535. The van der Waals surface area contributed by atoms with Crippen LogP contribution in [0.1, 0.15) is 32.3 Å². The second kappa shape index (κ2) is 7.67. The third-order valence-electron chi connectivity index (χ3n) is 2.63. The highest BCUT2D eigenvalue weighted by atomic mass is 35.5. The van der Waals surface area contributed by atoms with Crippen molar-refractivity contribution in [2.24, 2.45) is 5.92 Å². The minimum absolute atomic E-state index is 0.280. The van der Waals surface area contributed by atoms with Crippen molar-refractivity contribution in [3.05, 3.63) is 34.6 Å². The summed E-state index contributed by atoms with van der Waals surface area (Å²) in [7, 11) is 0. The molecular formula is C14H21ClFN. The van der Waals surface area contributed by atoms with Crippen LogP contribution in [0.15, 0.2) is 18.2 Å². The van der Waals surface area contributed by atoms with Gasteiger partial charge in [-0.15, -0.1) is 0 Å². The van der Waals surface area contributed by atoms with E-state index >= 15 is 0 Å². The largest absolute Gasteiger partial charge is 0.316 e. The first-order chi connectivity index (χ1) is 8.11. The van der Waals surface area contributed by atoms with Gasteiger partial charge in [-0.05, 0) is 49.9 Å². The van der Waals surface area contributed by atoms with Gasteiger partial charge < -0.3 is 5.32 Å². The maximum atomic E-state index is 13.2. The lowest BCUT2D eigenvalue weighted by atomic mass is 10.1. The molecule has 0 aromatic heterocycles. The Hall–Kier alpha value is -0.600. The molecule has 0 saturated carbocycles. The zero-order valence-electron chi connectivity index (χ0n) is 10.6. The summed E-state index contributed by atoms with van der Waals surface area (Å²) >= 11 is 5.88. The van der Waals surface area contributed by atoms with E-state index in [0.29, 0.717) is 5.92 Å². The van der Waals surface area contributed by atoms with Crippen LogP contribution < -0.4 is 5.32 Å². The lowest BCUT2D eigenvalue weighted by Crippen LogP contribution is -2.20. The molecule has 17 heavy (non-hydrogen) atoms. The highest BCUT2D eigenvalue weighted by Gasteiger charge is 2.04. The molecule has 0 bridgehead atoms. The molecule has 0 radical (unpaired) electrons. The molecule has 1 nitrogen and oxygen atoms in total. The van der Waals surface area contributed by atoms with Gasteiger partial charge >= 0.3 is 0 Å². The fourth-order valence-corrected chi connectivity index (χ4v) is 1.92. The maximum absolute atomic E-state index is 13.2. The Labute approximate surface area is 108 Å². The normalized spacial score (nSPS) is 11.1. The van der Waals surface area contributed by atoms with E-state index in [1.165, 1.54) is 6.07 Å². The second-order valence-corrected chi connectivity index (χ2v) is 5.15. The highest BCUT2D eigenvalue weighted by Crippen LogP contribution is 2.21. The predicted octanol–water partition coefficient (Wildman–Crippen LogP) is 4.05. The minimum atomic E-state index is -0.318. The first-order valence-corrected chi connectivity index (χ1v) is 6.62. The van der Waals surface area contributed by atoms with E-state index < -0.39 is 0 Å². The summed E-state index contributed by atoms with van der Waals surface area (Å²) in [6.45, 7) is 6.46. The van der Waals surface area contributed by atoms with Crippen molar-refractivity contribution in [1.82, 2.24) is 5.32 Å². The molecule has 3 heteroatoms. The molecule has 0 fully saturated rings. The van der Waals surface area contributed by atoms with E-state index in [9.17, 15) is 4.39 Å². The minimum Gasteiger partial charge on any atom is -0.316 e. The molecule has 1 rings (SSSR count). The summed E-state index contributed by atoms with van der Waals surface area (Å²) < 4.78 is 13.2. The van der Waals surface area contributed by atoms with E-state index in [0.717, 1.165) is 37.9 Å². The molecule has 0 atom stereocenters. The second-order valence-electron chi connectivity index (χ2n) is 4.77. The third kappa shape index (κ3) is 5.51. The van der Waals surface area contributed by atoms with Gasteiger partial charge in [0.05, 0.1) is 5.02 Å². The van der Waals surface area contributed by atoms with E-state index in [4.69, 9.17) is 11.6 Å². The molecule has 0 saturated heterocycles. The van der Waals surface area contributed by atoms with Crippen LogP contribution in [0.25, 0.3) is 0 Å². The number of halogens is 2. The van der Waals surface area contributed by atoms with Crippen molar-refractivity contribution in [1.29, 1.82) is 0 Å². The fraction of sp³-hybridized carbons (Fsp3) is 0.571. The molecule has 0 unspecified atom stereocenters. The van der Waals surface area contributed by atoms with E-state index in [-0.39, 0.29) is 10.8 Å². The van der Waals surface area contributed by atoms with Crippen molar-refractivity contribution in [2.75, 3.05) is 13.1 Å². The van der Waals surface area contributed by atoms with Crippen LogP contribution in [0.3, 0.4) is 0 Å². The molecule has 0 heterocycles. The SMILES string of the molecule is CC(C)CNCCCCc1cccc(F)c1Cl. The Morgan fingerprint density at radius 3 is 2.76 bits per heavy atom. The van der Waals surface area contributed by atoms with Gasteiger partial charge in [0, 0.05) is 0 Å². The van der Waals surface area contributed by atoms with Gasteiger partial charge in [0.2, 0.25) is 0 Å². The Bertz CT molecular complexity index is 339. The lowest BCUT2D eigenvalue weighted by Gasteiger charge is -2.08. The third-order valence-corrected chi connectivity index (χ3v) is 3.06. The first kappa shape index (κ1) is 14.5. The number of hydrogen-bond acceptors (Lipinski definition) is 1. The molecule has 0 aliphatic rings. The quantitative estimate of drug-likeness (QED) is 0.727. The standard InChI is InChI=1S/C14H21ClFN/c1-11(2)10-17-9-4-3-6-12-7-5-8-13(16)14(12)15/h5,7-8,11,17H,3-4,6,9-10H2,1-2H3. The Morgan fingerprint density at radius 1 is 1.29 bits per heavy atom. The summed E-state index contributed by atoms with van der Waals surface area (Å²) in [5.41, 5.74) is 0.913. The molecule has 1 aromatic rings. The molecule has 0 amide bonds. The molecule has 96 valence electrons. The molecule has 0 spiro atoms. The van der Waals surface area contributed by atoms with Gasteiger partial charge in [-0.1, -0.05) is 37.6 Å². The summed E-state index contributed by atoms with van der Waals surface area (Å²) in [5.74, 6) is 0.370. The monoisotopic (exact) mass is 257 g/mol. The van der Waals surface area contributed by atoms with Gasteiger partial charge in [0.15, 0.2) is 0 Å². The molecule has 0 aliphatic heterocycles. The van der Waals surface area contributed by atoms with E-state index in [1.54, 1.807) is 6.07 Å². The molecule has 1 N–H and O–H groups in total. The van der Waals surface area contributed by atoms with Crippen molar-refractivity contribution in [3.63, 3.8) is 0 Å². The van der Waals surface area contributed by atoms with Crippen LogP contribution in [0.5, 0.6) is 0 Å². The Kier molecular flexibility index (Phi) is 6.53. The summed E-state index contributed by atoms with van der Waals surface area (Å²) in [6.07, 6.45) is 2.98. The first-order valence-electron chi connectivity index (χ1n) is 6.25. The van der Waals surface area contributed by atoms with E-state index in [2.05, 4.69) is 19.2 Å². The van der Waals surface area contributed by atoms with Gasteiger partial charge in [0.1, 0.15) is 5.82 Å². The van der Waals surface area contributed by atoms with Gasteiger partial charge in [-0.3, -0.25) is 0 Å². The van der Waals surface area contributed by atoms with Crippen LogP contribution in [0, 0.1) is 11.7 Å². The average molecular weight is 258 g/mol. The highest BCUT2D eigenvalue weighted by molar-refractivity contribution is 6.31. The summed E-state index contributed by atoms with van der Waals surface area (Å²) in [4.78, 5) is 0. The number of rotatable bonds is 7. The molecule has 0 aliphatic carbocycles. The summed E-state index contributed by atoms with van der Waals surface area (Å²) in [6, 6.07) is 5.01. The fourth-order valence-electron chi connectivity index (χ4n) is 1.70. The van der Waals surface area contributed by atoms with Crippen molar-refractivity contribution >= 4 is 11.6 Å². The number of benzene rings is 1. The average Bonchev–Trinajstić information content (AvgIpc) is 2.28. The van der Waals surface area contributed by atoms with Crippen LogP contribution in [0.4, 0.5) is 4.39 Å². The topological polar surface area (TPSA) is 12.0 Å². The van der Waals surface area contributed by atoms with Gasteiger partial charge in [-0.25, -0.2) is 4.39 Å². The molecular weight excluding hydrogens is 237 g/mol. The zero-order chi connectivity index (χ0) is 12.7. The smallest absolute Gasteiger partial charge is 0.142 e. The number of nitrogens with one attached hydrogen (secondary N) is 1. The van der Waals surface area contributed by atoms with Crippen LogP contribution in [0.2, 0.25) is 5.02 Å². The number of unbranched alkanes of at least 4 members (excludes halogenated alkanes) is 1. The van der Waals surface area contributed by atoms with Gasteiger partial charge in [-0.2, -0.15) is 0 Å². The Morgan fingerprint density at radius 2 is 2.06 bits per heavy atom. The van der Waals surface area contributed by atoms with Crippen molar-refractivity contribution < 1.29 is 4.39 Å². The van der Waals surface area contributed by atoms with Gasteiger partial charge in [0.25, 0.3) is 0 Å². The number of aryl methyl sites for hydroxylation is 1. The predicted molar refractivity (Wildman–Crippen MR) is 72.1 cm³/mol. The van der Waals surface area contributed by atoms with Crippen LogP contribution in [-0.2, 0) is 6.42 Å². The van der Waals surface area contributed by atoms with Crippen LogP contribution in [-0.4, -0.2) is 13.1 Å².